The second kappa shape index (κ2) is 12.9. The number of anilines is 1. The maximum Gasteiger partial charge on any atom is 0.240 e. The number of pyridine rings is 2. The number of aromatic nitrogens is 2. The first-order chi connectivity index (χ1) is 19.5. The molecule has 0 saturated carbocycles. The number of aryl methyl sites for hydroxylation is 2. The third-order valence-electron chi connectivity index (χ3n) is 7.87. The van der Waals surface area contributed by atoms with Crippen LogP contribution in [0, 0.1) is 5.92 Å². The van der Waals surface area contributed by atoms with Crippen molar-refractivity contribution >= 4 is 23.4 Å². The molecular formula is C32H37N5O3. The molecule has 2 aliphatic rings. The van der Waals surface area contributed by atoms with Crippen molar-refractivity contribution in [2.24, 2.45) is 5.92 Å². The van der Waals surface area contributed by atoms with Crippen LogP contribution in [0.1, 0.15) is 61.0 Å². The van der Waals surface area contributed by atoms with Gasteiger partial charge in [-0.1, -0.05) is 42.5 Å². The highest BCUT2D eigenvalue weighted by molar-refractivity contribution is 5.88. The van der Waals surface area contributed by atoms with Crippen molar-refractivity contribution in [3.63, 3.8) is 0 Å². The molecule has 2 aliphatic heterocycles. The van der Waals surface area contributed by atoms with E-state index in [0.717, 1.165) is 42.0 Å². The van der Waals surface area contributed by atoms with Gasteiger partial charge in [0.05, 0.1) is 12.6 Å². The molecule has 2 N–H and O–H groups in total. The van der Waals surface area contributed by atoms with Crippen molar-refractivity contribution in [1.29, 1.82) is 0 Å². The number of carbonyl (C=O) groups is 3. The number of ketones is 1. The molecule has 208 valence electrons. The van der Waals surface area contributed by atoms with Crippen molar-refractivity contribution in [1.82, 2.24) is 20.2 Å². The Kier molecular flexibility index (Phi) is 8.84. The smallest absolute Gasteiger partial charge is 0.240 e. The Bertz CT molecular complexity index is 1330. The zero-order valence-corrected chi connectivity index (χ0v) is 23.0. The van der Waals surface area contributed by atoms with Crippen LogP contribution >= 0.6 is 0 Å². The molecule has 0 bridgehead atoms. The molecular weight excluding hydrogens is 502 g/mol. The lowest BCUT2D eigenvalue weighted by atomic mass is 9.95. The molecule has 5 rings (SSSR count). The Hall–Kier alpha value is -4.07. The Morgan fingerprint density at radius 3 is 2.75 bits per heavy atom. The summed E-state index contributed by atoms with van der Waals surface area (Å²) in [5.41, 5.74) is 4.14. The summed E-state index contributed by atoms with van der Waals surface area (Å²) in [4.78, 5) is 49.6. The van der Waals surface area contributed by atoms with E-state index in [1.807, 2.05) is 24.3 Å². The molecule has 8 heteroatoms. The fourth-order valence-electron chi connectivity index (χ4n) is 5.85. The lowest BCUT2D eigenvalue weighted by Crippen LogP contribution is -2.44. The van der Waals surface area contributed by atoms with Crippen molar-refractivity contribution in [2.45, 2.75) is 64.0 Å². The number of fused-ring (bicyclic) bond motifs is 1. The van der Waals surface area contributed by atoms with Crippen LogP contribution in [0.2, 0.25) is 0 Å². The number of hydrogen-bond donors (Lipinski definition) is 2. The number of rotatable bonds is 11. The summed E-state index contributed by atoms with van der Waals surface area (Å²) in [7, 11) is 0. The van der Waals surface area contributed by atoms with Crippen molar-refractivity contribution in [2.75, 3.05) is 18.4 Å². The number of carbonyl (C=O) groups excluding carboxylic acids is 3. The van der Waals surface area contributed by atoms with E-state index in [1.165, 1.54) is 12.5 Å². The quantitative estimate of drug-likeness (QED) is 0.381. The highest BCUT2D eigenvalue weighted by Crippen LogP contribution is 2.31. The number of benzene rings is 1. The maximum absolute atomic E-state index is 13.7. The summed E-state index contributed by atoms with van der Waals surface area (Å²) < 4.78 is 0. The van der Waals surface area contributed by atoms with Gasteiger partial charge in [0.2, 0.25) is 11.8 Å². The predicted molar refractivity (Wildman–Crippen MR) is 154 cm³/mol. The fraction of sp³-hybridized carbons (Fsp3) is 0.406. The van der Waals surface area contributed by atoms with Gasteiger partial charge in [0.15, 0.2) is 0 Å². The third kappa shape index (κ3) is 6.92. The van der Waals surface area contributed by atoms with Gasteiger partial charge in [0.25, 0.3) is 0 Å². The SMILES string of the molecule is CC(=O)CC(NC(=O)CN1C(=O)C(CCc2ccc3c(n2)NCCC3)CC1Cc1ccccc1)c1cccnc1. The van der Waals surface area contributed by atoms with E-state index < -0.39 is 6.04 Å². The van der Waals surface area contributed by atoms with E-state index in [1.54, 1.807) is 23.4 Å². The van der Waals surface area contributed by atoms with Gasteiger partial charge in [0, 0.05) is 43.0 Å². The zero-order chi connectivity index (χ0) is 27.9. The topological polar surface area (TPSA) is 104 Å². The van der Waals surface area contributed by atoms with E-state index >= 15 is 0 Å². The molecule has 2 amide bonds. The van der Waals surface area contributed by atoms with Gasteiger partial charge in [-0.05, 0) is 74.3 Å². The molecule has 40 heavy (non-hydrogen) atoms. The average Bonchev–Trinajstić information content (AvgIpc) is 3.25. The minimum absolute atomic E-state index is 0.0108. The van der Waals surface area contributed by atoms with Crippen LogP contribution in [0.3, 0.4) is 0 Å². The highest BCUT2D eigenvalue weighted by Gasteiger charge is 2.40. The Balaban J connectivity index is 1.28. The van der Waals surface area contributed by atoms with E-state index in [-0.39, 0.29) is 42.5 Å². The van der Waals surface area contributed by atoms with Crippen molar-refractivity contribution in [3.05, 3.63) is 89.4 Å². The molecule has 4 heterocycles. The van der Waals surface area contributed by atoms with Gasteiger partial charge in [-0.3, -0.25) is 19.4 Å². The normalized spacial score (nSPS) is 19.0. The van der Waals surface area contributed by atoms with Gasteiger partial charge in [-0.25, -0.2) is 4.98 Å². The first-order valence-corrected chi connectivity index (χ1v) is 14.2. The Morgan fingerprint density at radius 2 is 1.98 bits per heavy atom. The maximum atomic E-state index is 13.7. The van der Waals surface area contributed by atoms with Crippen LogP contribution in [0.4, 0.5) is 5.82 Å². The minimum atomic E-state index is -0.483. The second-order valence-corrected chi connectivity index (χ2v) is 10.9. The molecule has 3 aromatic rings. The number of nitrogens with one attached hydrogen (secondary N) is 2. The summed E-state index contributed by atoms with van der Waals surface area (Å²) >= 11 is 0. The monoisotopic (exact) mass is 539 g/mol. The molecule has 1 aromatic carbocycles. The summed E-state index contributed by atoms with van der Waals surface area (Å²) in [6.07, 6.45) is 8.45. The number of Topliss-reactive ketones (excluding diaryl/α,β-unsaturated/α-hetero) is 1. The Morgan fingerprint density at radius 1 is 1.12 bits per heavy atom. The predicted octanol–water partition coefficient (Wildman–Crippen LogP) is 4.06. The summed E-state index contributed by atoms with van der Waals surface area (Å²) in [5.74, 6) is 0.509. The number of nitrogens with zero attached hydrogens (tertiary/aromatic N) is 3. The van der Waals surface area contributed by atoms with Gasteiger partial charge in [-0.2, -0.15) is 0 Å². The largest absolute Gasteiger partial charge is 0.370 e. The van der Waals surface area contributed by atoms with E-state index in [0.29, 0.717) is 25.7 Å². The van der Waals surface area contributed by atoms with Crippen LogP contribution in [0.15, 0.2) is 67.0 Å². The van der Waals surface area contributed by atoms with Crippen LogP contribution in [-0.2, 0) is 33.6 Å². The van der Waals surface area contributed by atoms with Crippen molar-refractivity contribution < 1.29 is 14.4 Å². The molecule has 3 atom stereocenters. The fourth-order valence-corrected chi connectivity index (χ4v) is 5.85. The first kappa shape index (κ1) is 27.5. The van der Waals surface area contributed by atoms with E-state index in [9.17, 15) is 14.4 Å². The summed E-state index contributed by atoms with van der Waals surface area (Å²) in [6, 6.07) is 17.4. The molecule has 3 unspecified atom stereocenters. The van der Waals surface area contributed by atoms with E-state index in [2.05, 4.69) is 39.9 Å². The highest BCUT2D eigenvalue weighted by atomic mass is 16.2. The third-order valence-corrected chi connectivity index (χ3v) is 7.87. The molecule has 2 aromatic heterocycles. The van der Waals surface area contributed by atoms with Crippen molar-refractivity contribution in [3.8, 4) is 0 Å². The number of likely N-dealkylation sites (tertiary alicyclic amines) is 1. The zero-order valence-electron chi connectivity index (χ0n) is 23.0. The van der Waals surface area contributed by atoms with Gasteiger partial charge in [0.1, 0.15) is 11.6 Å². The number of amides is 2. The van der Waals surface area contributed by atoms with Gasteiger partial charge >= 0.3 is 0 Å². The summed E-state index contributed by atoms with van der Waals surface area (Å²) in [6.45, 7) is 2.41. The molecule has 1 saturated heterocycles. The summed E-state index contributed by atoms with van der Waals surface area (Å²) in [5, 5.41) is 6.37. The lowest BCUT2D eigenvalue weighted by molar-refractivity contribution is -0.137. The molecule has 0 spiro atoms. The lowest BCUT2D eigenvalue weighted by Gasteiger charge is -2.26. The minimum Gasteiger partial charge on any atom is -0.370 e. The first-order valence-electron chi connectivity index (χ1n) is 14.2. The Labute approximate surface area is 235 Å². The average molecular weight is 540 g/mol. The molecule has 0 radical (unpaired) electrons. The van der Waals surface area contributed by atoms with Crippen LogP contribution in [0.5, 0.6) is 0 Å². The van der Waals surface area contributed by atoms with Gasteiger partial charge < -0.3 is 15.5 Å². The molecule has 0 aliphatic carbocycles. The number of hydrogen-bond acceptors (Lipinski definition) is 6. The van der Waals surface area contributed by atoms with Crippen LogP contribution in [-0.4, -0.2) is 51.6 Å². The molecule has 8 nitrogen and oxygen atoms in total. The second-order valence-electron chi connectivity index (χ2n) is 10.9. The van der Waals surface area contributed by atoms with E-state index in [4.69, 9.17) is 4.98 Å². The van der Waals surface area contributed by atoms with Gasteiger partial charge in [-0.15, -0.1) is 0 Å². The van der Waals surface area contributed by atoms with Crippen LogP contribution < -0.4 is 10.6 Å². The van der Waals surface area contributed by atoms with Crippen LogP contribution in [0.25, 0.3) is 0 Å². The molecule has 1 fully saturated rings. The standard InChI is InChI=1S/C32H37N5O3/c1-22(38)17-29(26-10-5-15-33-20-26)36-30(39)21-37-28(18-23-7-3-2-4-8-23)19-25(32(37)40)12-14-27-13-11-24-9-6-16-34-31(24)35-27/h2-5,7-8,10-11,13,15,20,25,28-29H,6,9,12,14,16-19,21H2,1H3,(H,34,35)(H,36,39).